The van der Waals surface area contributed by atoms with E-state index in [1.165, 1.54) is 5.56 Å². The number of carbonyl (C=O) groups is 1. The van der Waals surface area contributed by atoms with Crippen LogP contribution in [-0.4, -0.2) is 10.9 Å². The maximum atomic E-state index is 12.8. The Hall–Kier alpha value is -1.89. The number of H-pyrrole nitrogens is 1. The fourth-order valence-electron chi connectivity index (χ4n) is 3.54. The van der Waals surface area contributed by atoms with Crippen molar-refractivity contribution in [3.05, 3.63) is 71.7 Å². The Morgan fingerprint density at radius 2 is 2.00 bits per heavy atom. The van der Waals surface area contributed by atoms with Gasteiger partial charge in [0.1, 0.15) is 0 Å². The summed E-state index contributed by atoms with van der Waals surface area (Å²) in [6.07, 6.45) is 4.23. The molecule has 0 spiro atoms. The molecule has 1 aromatic heterocycles. The average Bonchev–Trinajstić information content (AvgIpc) is 2.96. The number of pyridine rings is 1. The molecule has 2 aromatic rings. The van der Waals surface area contributed by atoms with E-state index in [-0.39, 0.29) is 18.0 Å². The van der Waals surface area contributed by atoms with Crippen molar-refractivity contribution in [2.75, 3.05) is 0 Å². The number of carbonyl (C=O) groups excluding carboxylic acids is 1. The van der Waals surface area contributed by atoms with Gasteiger partial charge in [-0.1, -0.05) is 26.0 Å². The van der Waals surface area contributed by atoms with Crippen LogP contribution >= 0.6 is 22.6 Å². The zero-order chi connectivity index (χ0) is 19.0. The van der Waals surface area contributed by atoms with Crippen molar-refractivity contribution in [1.82, 2.24) is 10.3 Å². The Kier molecular flexibility index (Phi) is 5.37. The van der Waals surface area contributed by atoms with Crippen LogP contribution in [0.4, 0.5) is 0 Å². The first kappa shape index (κ1) is 18.9. The van der Waals surface area contributed by atoms with E-state index in [1.807, 2.05) is 26.0 Å². The first-order valence-electron chi connectivity index (χ1n) is 8.77. The molecule has 0 saturated heterocycles. The van der Waals surface area contributed by atoms with Gasteiger partial charge in [0.25, 0.3) is 11.5 Å². The number of halogens is 1. The van der Waals surface area contributed by atoms with Crippen LogP contribution in [0.1, 0.15) is 58.1 Å². The van der Waals surface area contributed by atoms with Crippen molar-refractivity contribution >= 4 is 34.6 Å². The highest BCUT2D eigenvalue weighted by molar-refractivity contribution is 14.1. The summed E-state index contributed by atoms with van der Waals surface area (Å²) in [7, 11) is 0. The lowest BCUT2D eigenvalue weighted by molar-refractivity contribution is 0.0950. The van der Waals surface area contributed by atoms with E-state index in [0.29, 0.717) is 23.0 Å². The molecule has 1 atom stereocenters. The third-order valence-corrected chi connectivity index (χ3v) is 5.51. The van der Waals surface area contributed by atoms with Gasteiger partial charge in [0.05, 0.1) is 0 Å². The fraction of sp³-hybridized carbons (Fsp3) is 0.333. The van der Waals surface area contributed by atoms with E-state index in [1.54, 1.807) is 0 Å². The summed E-state index contributed by atoms with van der Waals surface area (Å²) in [6, 6.07) is 5.99. The van der Waals surface area contributed by atoms with Gasteiger partial charge in [0.15, 0.2) is 0 Å². The number of nitrogens with one attached hydrogen (secondary N) is 2. The number of benzene rings is 1. The number of aromatic nitrogens is 1. The molecule has 1 aromatic carbocycles. The Morgan fingerprint density at radius 3 is 2.65 bits per heavy atom. The monoisotopic (exact) mass is 462 g/mol. The summed E-state index contributed by atoms with van der Waals surface area (Å²) < 4.78 is 1.05. The van der Waals surface area contributed by atoms with E-state index in [2.05, 4.69) is 65.0 Å². The molecule has 0 fully saturated rings. The topological polar surface area (TPSA) is 62.0 Å². The maximum absolute atomic E-state index is 12.8. The molecule has 1 unspecified atom stereocenters. The van der Waals surface area contributed by atoms with Gasteiger partial charge in [-0.15, -0.1) is 0 Å². The molecule has 5 heteroatoms. The van der Waals surface area contributed by atoms with Crippen molar-refractivity contribution in [3.63, 3.8) is 0 Å². The van der Waals surface area contributed by atoms with Crippen molar-refractivity contribution in [1.29, 1.82) is 0 Å². The average molecular weight is 462 g/mol. The SMILES string of the molecule is Cc1cc(C)c(CNC(=O)c2cc(I)cc3c2C=CC3C(C)C)c(=O)[nH]1. The lowest BCUT2D eigenvalue weighted by Gasteiger charge is -2.17. The van der Waals surface area contributed by atoms with Gasteiger partial charge in [0.2, 0.25) is 0 Å². The molecule has 1 amide bonds. The number of fused-ring (bicyclic) bond motifs is 1. The Labute approximate surface area is 167 Å². The molecule has 1 aliphatic carbocycles. The summed E-state index contributed by atoms with van der Waals surface area (Å²) in [5.74, 6) is 0.678. The number of aromatic amines is 1. The predicted molar refractivity (Wildman–Crippen MR) is 113 cm³/mol. The molecule has 4 nitrogen and oxygen atoms in total. The van der Waals surface area contributed by atoms with Crippen LogP contribution in [-0.2, 0) is 6.54 Å². The lowest BCUT2D eigenvalue weighted by atomic mass is 9.89. The summed E-state index contributed by atoms with van der Waals surface area (Å²) in [5, 5.41) is 2.92. The molecule has 1 heterocycles. The summed E-state index contributed by atoms with van der Waals surface area (Å²) in [6.45, 7) is 8.34. The van der Waals surface area contributed by atoms with Crippen molar-refractivity contribution in [2.24, 2.45) is 5.92 Å². The van der Waals surface area contributed by atoms with E-state index < -0.39 is 0 Å². The van der Waals surface area contributed by atoms with Crippen LogP contribution in [0.5, 0.6) is 0 Å². The highest BCUT2D eigenvalue weighted by Gasteiger charge is 2.25. The third-order valence-electron chi connectivity index (χ3n) is 4.89. The first-order valence-corrected chi connectivity index (χ1v) is 9.85. The molecule has 0 radical (unpaired) electrons. The van der Waals surface area contributed by atoms with Crippen LogP contribution in [0.15, 0.2) is 29.1 Å². The van der Waals surface area contributed by atoms with Crippen LogP contribution in [0.2, 0.25) is 0 Å². The van der Waals surface area contributed by atoms with Crippen LogP contribution < -0.4 is 10.9 Å². The number of hydrogen-bond acceptors (Lipinski definition) is 2. The molecule has 136 valence electrons. The van der Waals surface area contributed by atoms with E-state index in [4.69, 9.17) is 0 Å². The van der Waals surface area contributed by atoms with Crippen molar-refractivity contribution in [3.8, 4) is 0 Å². The largest absolute Gasteiger partial charge is 0.348 e. The van der Waals surface area contributed by atoms with E-state index in [0.717, 1.165) is 20.4 Å². The van der Waals surface area contributed by atoms with Gasteiger partial charge in [-0.25, -0.2) is 0 Å². The Bertz CT molecular complexity index is 957. The molecule has 0 saturated carbocycles. The molecule has 3 rings (SSSR count). The van der Waals surface area contributed by atoms with Crippen LogP contribution in [0.3, 0.4) is 0 Å². The molecule has 2 N–H and O–H groups in total. The number of allylic oxidation sites excluding steroid dienone is 1. The summed E-state index contributed by atoms with van der Waals surface area (Å²) in [5.41, 5.74) is 5.05. The third kappa shape index (κ3) is 3.63. The second-order valence-corrected chi connectivity index (χ2v) is 8.46. The van der Waals surface area contributed by atoms with Gasteiger partial charge in [-0.05, 0) is 77.2 Å². The van der Waals surface area contributed by atoms with Gasteiger partial charge in [0, 0.05) is 32.9 Å². The summed E-state index contributed by atoms with van der Waals surface area (Å²) in [4.78, 5) is 27.8. The van der Waals surface area contributed by atoms with Crippen molar-refractivity contribution < 1.29 is 4.79 Å². The van der Waals surface area contributed by atoms with Gasteiger partial charge in [-0.3, -0.25) is 9.59 Å². The van der Waals surface area contributed by atoms with Crippen LogP contribution in [0.25, 0.3) is 6.08 Å². The molecule has 1 aliphatic rings. The number of aryl methyl sites for hydroxylation is 2. The minimum atomic E-state index is -0.145. The molecular weight excluding hydrogens is 439 g/mol. The number of amides is 1. The Morgan fingerprint density at radius 1 is 1.27 bits per heavy atom. The van der Waals surface area contributed by atoms with Gasteiger partial charge < -0.3 is 10.3 Å². The minimum absolute atomic E-state index is 0.143. The fourth-order valence-corrected chi connectivity index (χ4v) is 4.19. The Balaban J connectivity index is 1.87. The quantitative estimate of drug-likeness (QED) is 0.666. The van der Waals surface area contributed by atoms with Gasteiger partial charge >= 0.3 is 0 Å². The summed E-state index contributed by atoms with van der Waals surface area (Å²) >= 11 is 2.26. The van der Waals surface area contributed by atoms with E-state index >= 15 is 0 Å². The second kappa shape index (κ2) is 7.39. The lowest BCUT2D eigenvalue weighted by Crippen LogP contribution is -2.28. The molecule has 0 bridgehead atoms. The molecular formula is C21H23IN2O2. The normalized spacial score (nSPS) is 15.4. The standard InChI is InChI=1S/C21H23IN2O2/c1-11(2)15-5-6-16-17(15)8-14(22)9-18(16)20(25)23-10-19-12(3)7-13(4)24-21(19)26/h5-9,11,15H,10H2,1-4H3,(H,23,25)(H,24,26). The predicted octanol–water partition coefficient (Wildman–Crippen LogP) is 4.29. The number of rotatable bonds is 4. The minimum Gasteiger partial charge on any atom is -0.348 e. The second-order valence-electron chi connectivity index (χ2n) is 7.21. The number of hydrogen-bond donors (Lipinski definition) is 2. The van der Waals surface area contributed by atoms with E-state index in [9.17, 15) is 9.59 Å². The van der Waals surface area contributed by atoms with Crippen molar-refractivity contribution in [2.45, 2.75) is 40.2 Å². The molecule has 26 heavy (non-hydrogen) atoms. The zero-order valence-corrected chi connectivity index (χ0v) is 17.6. The maximum Gasteiger partial charge on any atom is 0.253 e. The molecule has 0 aliphatic heterocycles. The smallest absolute Gasteiger partial charge is 0.253 e. The van der Waals surface area contributed by atoms with Crippen LogP contribution in [0, 0.1) is 23.3 Å². The highest BCUT2D eigenvalue weighted by atomic mass is 127. The zero-order valence-electron chi connectivity index (χ0n) is 15.4. The first-order chi connectivity index (χ1) is 12.3. The van der Waals surface area contributed by atoms with Gasteiger partial charge in [-0.2, -0.15) is 0 Å². The highest BCUT2D eigenvalue weighted by Crippen LogP contribution is 2.38.